The fourth-order valence-electron chi connectivity index (χ4n) is 3.01. The molecule has 1 atom stereocenters. The highest BCUT2D eigenvalue weighted by molar-refractivity contribution is 5.91. The van der Waals surface area contributed by atoms with Crippen LogP contribution in [0.5, 0.6) is 0 Å². The summed E-state index contributed by atoms with van der Waals surface area (Å²) in [7, 11) is 0. The van der Waals surface area contributed by atoms with E-state index >= 15 is 0 Å². The Balaban J connectivity index is 1.69. The summed E-state index contributed by atoms with van der Waals surface area (Å²) in [6, 6.07) is 5.52. The van der Waals surface area contributed by atoms with Gasteiger partial charge in [-0.1, -0.05) is 17.7 Å². The molecule has 132 valence electrons. The van der Waals surface area contributed by atoms with Crippen LogP contribution in [0.3, 0.4) is 0 Å². The highest BCUT2D eigenvalue weighted by atomic mass is 16.4. The highest BCUT2D eigenvalue weighted by Crippen LogP contribution is 2.25. The van der Waals surface area contributed by atoms with Crippen LogP contribution in [-0.2, 0) is 0 Å². The van der Waals surface area contributed by atoms with Crippen LogP contribution >= 0.6 is 0 Å². The van der Waals surface area contributed by atoms with Gasteiger partial charge in [0.1, 0.15) is 0 Å². The van der Waals surface area contributed by atoms with Crippen molar-refractivity contribution >= 4 is 11.7 Å². The number of hydrogen-bond donors (Lipinski definition) is 2. The lowest BCUT2D eigenvalue weighted by Crippen LogP contribution is -2.37. The van der Waals surface area contributed by atoms with E-state index in [9.17, 15) is 4.79 Å². The summed E-state index contributed by atoms with van der Waals surface area (Å²) in [4.78, 5) is 12.4. The molecule has 0 bridgehead atoms. The molecule has 1 aromatic carbocycles. The molecule has 3 rings (SSSR count). The molecule has 1 aromatic heterocycles. The number of urea groups is 1. The van der Waals surface area contributed by atoms with Crippen molar-refractivity contribution in [2.45, 2.75) is 52.5 Å². The molecule has 2 amide bonds. The van der Waals surface area contributed by atoms with Crippen molar-refractivity contribution in [3.8, 4) is 11.5 Å². The van der Waals surface area contributed by atoms with E-state index in [0.29, 0.717) is 11.8 Å². The minimum atomic E-state index is -0.207. The SMILES string of the molecule is Cc1nnc(-c2ccc(C)c(NC(=O)N[C@@H](C)C3=CCCCC3)c2)o1. The quantitative estimate of drug-likeness (QED) is 0.810. The van der Waals surface area contributed by atoms with Crippen LogP contribution in [0.1, 0.15) is 44.1 Å². The van der Waals surface area contributed by atoms with E-state index in [0.717, 1.165) is 29.7 Å². The second-order valence-corrected chi connectivity index (χ2v) is 6.50. The van der Waals surface area contributed by atoms with Crippen LogP contribution in [0.4, 0.5) is 10.5 Å². The number of rotatable bonds is 4. The number of aromatic nitrogens is 2. The summed E-state index contributed by atoms with van der Waals surface area (Å²) in [5, 5.41) is 13.8. The van der Waals surface area contributed by atoms with Crippen LogP contribution in [0.2, 0.25) is 0 Å². The maximum Gasteiger partial charge on any atom is 0.319 e. The third-order valence-corrected chi connectivity index (χ3v) is 4.49. The van der Waals surface area contributed by atoms with E-state index in [-0.39, 0.29) is 12.1 Å². The van der Waals surface area contributed by atoms with Crippen LogP contribution in [0.25, 0.3) is 11.5 Å². The number of benzene rings is 1. The molecule has 25 heavy (non-hydrogen) atoms. The predicted octanol–water partition coefficient (Wildman–Crippen LogP) is 4.36. The lowest BCUT2D eigenvalue weighted by molar-refractivity contribution is 0.250. The first-order chi connectivity index (χ1) is 12.0. The van der Waals surface area contributed by atoms with Gasteiger partial charge in [-0.2, -0.15) is 0 Å². The van der Waals surface area contributed by atoms with E-state index in [4.69, 9.17) is 4.42 Å². The van der Waals surface area contributed by atoms with Gasteiger partial charge in [-0.05, 0) is 57.2 Å². The zero-order valence-corrected chi connectivity index (χ0v) is 14.9. The largest absolute Gasteiger partial charge is 0.421 e. The molecule has 0 unspecified atom stereocenters. The van der Waals surface area contributed by atoms with E-state index < -0.39 is 0 Å². The Labute approximate surface area is 147 Å². The molecule has 0 radical (unpaired) electrons. The van der Waals surface area contributed by atoms with Gasteiger partial charge in [0.15, 0.2) is 0 Å². The van der Waals surface area contributed by atoms with Gasteiger partial charge >= 0.3 is 6.03 Å². The standard InChI is InChI=1S/C19H24N4O2/c1-12-9-10-16(18-23-22-14(3)25-18)11-17(12)21-19(24)20-13(2)15-7-5-4-6-8-15/h7,9-11,13H,4-6,8H2,1-3H3,(H2,20,21,24)/t13-/m0/s1. The van der Waals surface area contributed by atoms with Gasteiger partial charge in [0.2, 0.25) is 11.8 Å². The van der Waals surface area contributed by atoms with Crippen molar-refractivity contribution in [1.29, 1.82) is 0 Å². The van der Waals surface area contributed by atoms with E-state index in [2.05, 4.69) is 26.9 Å². The van der Waals surface area contributed by atoms with Crippen LogP contribution in [0, 0.1) is 13.8 Å². The minimum Gasteiger partial charge on any atom is -0.421 e. The zero-order valence-electron chi connectivity index (χ0n) is 14.9. The molecular formula is C19H24N4O2. The summed E-state index contributed by atoms with van der Waals surface area (Å²) in [5.74, 6) is 0.957. The van der Waals surface area contributed by atoms with Crippen molar-refractivity contribution in [1.82, 2.24) is 15.5 Å². The number of carbonyl (C=O) groups is 1. The van der Waals surface area contributed by atoms with Gasteiger partial charge in [-0.15, -0.1) is 10.2 Å². The number of nitrogens with one attached hydrogen (secondary N) is 2. The fourth-order valence-corrected chi connectivity index (χ4v) is 3.01. The third-order valence-electron chi connectivity index (χ3n) is 4.49. The molecule has 0 fully saturated rings. The lowest BCUT2D eigenvalue weighted by Gasteiger charge is -2.21. The second-order valence-electron chi connectivity index (χ2n) is 6.50. The van der Waals surface area contributed by atoms with Crippen LogP contribution in [0.15, 0.2) is 34.3 Å². The first-order valence-electron chi connectivity index (χ1n) is 8.70. The minimum absolute atomic E-state index is 0.0439. The number of amides is 2. The Kier molecular flexibility index (Phi) is 5.16. The third kappa shape index (κ3) is 4.26. The van der Waals surface area contributed by atoms with Gasteiger partial charge in [0.05, 0.1) is 0 Å². The Bertz CT molecular complexity index is 794. The first-order valence-corrected chi connectivity index (χ1v) is 8.70. The van der Waals surface area contributed by atoms with Crippen molar-refractivity contribution in [2.24, 2.45) is 0 Å². The van der Waals surface area contributed by atoms with Crippen molar-refractivity contribution in [3.63, 3.8) is 0 Å². The first kappa shape index (κ1) is 17.2. The Morgan fingerprint density at radius 2 is 2.08 bits per heavy atom. The van der Waals surface area contributed by atoms with Gasteiger partial charge in [-0.3, -0.25) is 0 Å². The number of carbonyl (C=O) groups excluding carboxylic acids is 1. The van der Waals surface area contributed by atoms with Crippen molar-refractivity contribution in [3.05, 3.63) is 41.3 Å². The second kappa shape index (κ2) is 7.51. The topological polar surface area (TPSA) is 80.0 Å². The maximum atomic E-state index is 12.4. The molecule has 2 aromatic rings. The van der Waals surface area contributed by atoms with Crippen molar-refractivity contribution < 1.29 is 9.21 Å². The molecule has 1 heterocycles. The van der Waals surface area contributed by atoms with Gasteiger partial charge in [-0.25, -0.2) is 4.79 Å². The number of nitrogens with zero attached hydrogens (tertiary/aromatic N) is 2. The van der Waals surface area contributed by atoms with E-state index in [1.807, 2.05) is 32.0 Å². The smallest absolute Gasteiger partial charge is 0.319 e. The van der Waals surface area contributed by atoms with Crippen LogP contribution < -0.4 is 10.6 Å². The molecule has 0 aliphatic heterocycles. The monoisotopic (exact) mass is 340 g/mol. The summed E-state index contributed by atoms with van der Waals surface area (Å²) in [5.41, 5.74) is 3.80. The van der Waals surface area contributed by atoms with Gasteiger partial charge in [0.25, 0.3) is 0 Å². The molecule has 0 spiro atoms. The summed E-state index contributed by atoms with van der Waals surface area (Å²) in [6.07, 6.45) is 6.85. The summed E-state index contributed by atoms with van der Waals surface area (Å²) < 4.78 is 5.46. The Morgan fingerprint density at radius 3 is 2.76 bits per heavy atom. The van der Waals surface area contributed by atoms with Crippen molar-refractivity contribution in [2.75, 3.05) is 5.32 Å². The molecule has 6 heteroatoms. The fraction of sp³-hybridized carbons (Fsp3) is 0.421. The number of aryl methyl sites for hydroxylation is 2. The summed E-state index contributed by atoms with van der Waals surface area (Å²) >= 11 is 0. The van der Waals surface area contributed by atoms with Gasteiger partial charge < -0.3 is 15.1 Å². The molecule has 0 saturated carbocycles. The lowest BCUT2D eigenvalue weighted by atomic mass is 9.95. The Morgan fingerprint density at radius 1 is 1.24 bits per heavy atom. The maximum absolute atomic E-state index is 12.4. The Hall–Kier alpha value is -2.63. The van der Waals surface area contributed by atoms with E-state index in [1.54, 1.807) is 6.92 Å². The number of anilines is 1. The normalized spacial score (nSPS) is 15.4. The predicted molar refractivity (Wildman–Crippen MR) is 97.4 cm³/mol. The van der Waals surface area contributed by atoms with E-state index in [1.165, 1.54) is 18.4 Å². The highest BCUT2D eigenvalue weighted by Gasteiger charge is 2.15. The number of allylic oxidation sites excluding steroid dienone is 1. The molecule has 1 aliphatic carbocycles. The molecule has 2 N–H and O–H groups in total. The molecule has 1 aliphatic rings. The summed E-state index contributed by atoms with van der Waals surface area (Å²) in [6.45, 7) is 5.73. The zero-order chi connectivity index (χ0) is 17.8. The average molecular weight is 340 g/mol. The van der Waals surface area contributed by atoms with Gasteiger partial charge in [0, 0.05) is 24.2 Å². The molecule has 0 saturated heterocycles. The number of hydrogen-bond acceptors (Lipinski definition) is 4. The molecular weight excluding hydrogens is 316 g/mol. The average Bonchev–Trinajstić information content (AvgIpc) is 3.04. The van der Waals surface area contributed by atoms with Crippen LogP contribution in [-0.4, -0.2) is 22.3 Å². The molecule has 6 nitrogen and oxygen atoms in total.